The molecule has 0 saturated heterocycles. The van der Waals surface area contributed by atoms with Crippen molar-refractivity contribution in [3.63, 3.8) is 0 Å². The SMILES string of the molecule is Nn1c(SCC(=O)NCCc2ccc(F)cc2)nnc1-c1ccccc1Cl. The van der Waals surface area contributed by atoms with Crippen LogP contribution in [-0.2, 0) is 11.2 Å². The minimum Gasteiger partial charge on any atom is -0.355 e. The van der Waals surface area contributed by atoms with E-state index in [0.717, 1.165) is 5.56 Å². The molecule has 0 saturated carbocycles. The number of carbonyl (C=O) groups excluding carboxylic acids is 1. The van der Waals surface area contributed by atoms with Crippen molar-refractivity contribution in [2.45, 2.75) is 11.6 Å². The fraction of sp³-hybridized carbons (Fsp3) is 0.167. The molecule has 1 aromatic heterocycles. The number of nitrogens with zero attached hydrogens (tertiary/aromatic N) is 3. The molecule has 0 fully saturated rings. The quantitative estimate of drug-likeness (QED) is 0.466. The van der Waals surface area contributed by atoms with Gasteiger partial charge in [-0.05, 0) is 36.2 Å². The van der Waals surface area contributed by atoms with Gasteiger partial charge in [-0.1, -0.05) is 47.6 Å². The van der Waals surface area contributed by atoms with E-state index in [2.05, 4.69) is 15.5 Å². The molecule has 3 aromatic rings. The normalized spacial score (nSPS) is 10.7. The molecule has 0 aliphatic rings. The molecular formula is C18H17ClFN5OS. The number of nitrogens with one attached hydrogen (secondary N) is 1. The van der Waals surface area contributed by atoms with Crippen LogP contribution in [0, 0.1) is 5.82 Å². The highest BCUT2D eigenvalue weighted by atomic mass is 35.5. The Morgan fingerprint density at radius 2 is 1.93 bits per heavy atom. The molecule has 1 heterocycles. The van der Waals surface area contributed by atoms with Gasteiger partial charge in [0.2, 0.25) is 11.1 Å². The summed E-state index contributed by atoms with van der Waals surface area (Å²) in [6.45, 7) is 0.464. The van der Waals surface area contributed by atoms with E-state index >= 15 is 0 Å². The van der Waals surface area contributed by atoms with Crippen molar-refractivity contribution in [3.8, 4) is 11.4 Å². The van der Waals surface area contributed by atoms with Gasteiger partial charge in [0.25, 0.3) is 0 Å². The molecule has 27 heavy (non-hydrogen) atoms. The molecule has 0 radical (unpaired) electrons. The van der Waals surface area contributed by atoms with E-state index in [0.29, 0.717) is 34.5 Å². The first-order valence-electron chi connectivity index (χ1n) is 8.14. The Bertz CT molecular complexity index is 932. The first-order chi connectivity index (χ1) is 13.0. The Kier molecular flexibility index (Phi) is 6.31. The van der Waals surface area contributed by atoms with Crippen molar-refractivity contribution in [1.82, 2.24) is 20.2 Å². The Morgan fingerprint density at radius 3 is 2.67 bits per heavy atom. The van der Waals surface area contributed by atoms with Crippen LogP contribution in [0.15, 0.2) is 53.7 Å². The topological polar surface area (TPSA) is 85.8 Å². The van der Waals surface area contributed by atoms with Crippen LogP contribution in [0.5, 0.6) is 0 Å². The summed E-state index contributed by atoms with van der Waals surface area (Å²) in [6, 6.07) is 13.4. The van der Waals surface area contributed by atoms with Crippen molar-refractivity contribution in [2.24, 2.45) is 0 Å². The molecule has 0 unspecified atom stereocenters. The number of hydrogen-bond donors (Lipinski definition) is 2. The van der Waals surface area contributed by atoms with Crippen LogP contribution >= 0.6 is 23.4 Å². The predicted octanol–water partition coefficient (Wildman–Crippen LogP) is 2.90. The number of halogens is 2. The Morgan fingerprint density at radius 1 is 1.19 bits per heavy atom. The van der Waals surface area contributed by atoms with Crippen LogP contribution < -0.4 is 11.2 Å². The molecule has 6 nitrogen and oxygen atoms in total. The Hall–Kier alpha value is -2.58. The summed E-state index contributed by atoms with van der Waals surface area (Å²) >= 11 is 7.34. The minimum atomic E-state index is -0.277. The van der Waals surface area contributed by atoms with Gasteiger partial charge in [-0.25, -0.2) is 9.07 Å². The van der Waals surface area contributed by atoms with Crippen molar-refractivity contribution >= 4 is 29.3 Å². The van der Waals surface area contributed by atoms with E-state index in [4.69, 9.17) is 17.4 Å². The molecule has 3 N–H and O–H groups in total. The molecule has 9 heteroatoms. The third kappa shape index (κ3) is 4.99. The van der Waals surface area contributed by atoms with Crippen LogP contribution in [-0.4, -0.2) is 33.1 Å². The average molecular weight is 406 g/mol. The Balaban J connectivity index is 1.50. The molecule has 2 aromatic carbocycles. The maximum Gasteiger partial charge on any atom is 0.230 e. The number of thioether (sulfide) groups is 1. The van der Waals surface area contributed by atoms with E-state index in [1.54, 1.807) is 24.3 Å². The molecule has 0 aliphatic heterocycles. The van der Waals surface area contributed by atoms with Crippen LogP contribution in [0.3, 0.4) is 0 Å². The monoisotopic (exact) mass is 405 g/mol. The highest BCUT2D eigenvalue weighted by Crippen LogP contribution is 2.27. The van der Waals surface area contributed by atoms with Crippen LogP contribution in [0.2, 0.25) is 5.02 Å². The van der Waals surface area contributed by atoms with Crippen LogP contribution in [0.1, 0.15) is 5.56 Å². The lowest BCUT2D eigenvalue weighted by Gasteiger charge is -2.06. The highest BCUT2D eigenvalue weighted by Gasteiger charge is 2.15. The minimum absolute atomic E-state index is 0.149. The van der Waals surface area contributed by atoms with Crippen LogP contribution in [0.4, 0.5) is 4.39 Å². The van der Waals surface area contributed by atoms with Crippen molar-refractivity contribution in [3.05, 3.63) is 64.9 Å². The van der Waals surface area contributed by atoms with E-state index in [-0.39, 0.29) is 17.5 Å². The van der Waals surface area contributed by atoms with Gasteiger partial charge < -0.3 is 11.2 Å². The van der Waals surface area contributed by atoms with Gasteiger partial charge in [0, 0.05) is 12.1 Å². The zero-order valence-corrected chi connectivity index (χ0v) is 15.8. The first kappa shape index (κ1) is 19.2. The van der Waals surface area contributed by atoms with E-state index in [1.807, 2.05) is 12.1 Å². The zero-order chi connectivity index (χ0) is 19.2. The predicted molar refractivity (Wildman–Crippen MR) is 104 cm³/mol. The number of hydrogen-bond acceptors (Lipinski definition) is 5. The summed E-state index contributed by atoms with van der Waals surface area (Å²) in [4.78, 5) is 12.0. The van der Waals surface area contributed by atoms with Gasteiger partial charge in [0.1, 0.15) is 5.82 Å². The maximum absolute atomic E-state index is 12.9. The summed E-state index contributed by atoms with van der Waals surface area (Å²) in [5.41, 5.74) is 1.63. The third-order valence-electron chi connectivity index (χ3n) is 3.76. The van der Waals surface area contributed by atoms with Gasteiger partial charge in [-0.3, -0.25) is 4.79 Å². The average Bonchev–Trinajstić information content (AvgIpc) is 3.02. The second-order valence-electron chi connectivity index (χ2n) is 5.67. The van der Waals surface area contributed by atoms with Crippen LogP contribution in [0.25, 0.3) is 11.4 Å². The van der Waals surface area contributed by atoms with Gasteiger partial charge in [-0.2, -0.15) is 0 Å². The first-order valence-corrected chi connectivity index (χ1v) is 9.50. The molecule has 140 valence electrons. The fourth-order valence-electron chi connectivity index (χ4n) is 2.38. The molecular weight excluding hydrogens is 389 g/mol. The number of benzene rings is 2. The number of rotatable bonds is 7. The molecule has 0 aliphatic carbocycles. The number of nitrogen functional groups attached to an aromatic ring is 1. The van der Waals surface area contributed by atoms with Crippen molar-refractivity contribution < 1.29 is 9.18 Å². The Labute approximate surface area is 164 Å². The summed E-state index contributed by atoms with van der Waals surface area (Å²) < 4.78 is 14.2. The summed E-state index contributed by atoms with van der Waals surface area (Å²) in [5, 5.41) is 11.8. The highest BCUT2D eigenvalue weighted by molar-refractivity contribution is 7.99. The number of aromatic nitrogens is 3. The lowest BCUT2D eigenvalue weighted by atomic mass is 10.1. The van der Waals surface area contributed by atoms with E-state index < -0.39 is 0 Å². The molecule has 0 bridgehead atoms. The van der Waals surface area contributed by atoms with E-state index in [9.17, 15) is 9.18 Å². The number of carbonyl (C=O) groups is 1. The van der Waals surface area contributed by atoms with Crippen molar-refractivity contribution in [2.75, 3.05) is 18.1 Å². The summed E-state index contributed by atoms with van der Waals surface area (Å²) in [5.74, 6) is 6.19. The molecule has 3 rings (SSSR count). The molecule has 0 spiro atoms. The summed E-state index contributed by atoms with van der Waals surface area (Å²) in [7, 11) is 0. The fourth-order valence-corrected chi connectivity index (χ4v) is 3.29. The smallest absolute Gasteiger partial charge is 0.230 e. The maximum atomic E-state index is 12.9. The standard InChI is InChI=1S/C18H17ClFN5OS/c19-15-4-2-1-3-14(15)17-23-24-18(25(17)21)27-11-16(26)22-10-9-12-5-7-13(20)8-6-12/h1-8H,9-11,21H2,(H,22,26). The second-order valence-corrected chi connectivity index (χ2v) is 7.02. The molecule has 1 amide bonds. The number of amides is 1. The van der Waals surface area contributed by atoms with Gasteiger partial charge in [0.05, 0.1) is 10.8 Å². The van der Waals surface area contributed by atoms with Gasteiger partial charge in [0.15, 0.2) is 5.82 Å². The van der Waals surface area contributed by atoms with Gasteiger partial charge >= 0.3 is 0 Å². The lowest BCUT2D eigenvalue weighted by Crippen LogP contribution is -2.27. The zero-order valence-electron chi connectivity index (χ0n) is 14.2. The number of nitrogens with two attached hydrogens (primary N) is 1. The van der Waals surface area contributed by atoms with E-state index in [1.165, 1.54) is 28.6 Å². The lowest BCUT2D eigenvalue weighted by molar-refractivity contribution is -0.118. The second kappa shape index (κ2) is 8.88. The van der Waals surface area contributed by atoms with Crippen molar-refractivity contribution in [1.29, 1.82) is 0 Å². The largest absolute Gasteiger partial charge is 0.355 e. The molecule has 0 atom stereocenters. The summed E-state index contributed by atoms with van der Waals surface area (Å²) in [6.07, 6.45) is 0.625. The van der Waals surface area contributed by atoms with Gasteiger partial charge in [-0.15, -0.1) is 10.2 Å². The third-order valence-corrected chi connectivity index (χ3v) is 5.03.